The van der Waals surface area contributed by atoms with E-state index in [-0.39, 0.29) is 21.0 Å². The van der Waals surface area contributed by atoms with Crippen molar-refractivity contribution >= 4 is 43.3 Å². The topological polar surface area (TPSA) is 171 Å². The molecule has 3 rings (SSSR count). The van der Waals surface area contributed by atoms with Crippen LogP contribution in [0.1, 0.15) is 17.3 Å². The van der Waals surface area contributed by atoms with Gasteiger partial charge in [-0.25, -0.2) is 26.8 Å². The molecule has 0 fully saturated rings. The Hall–Kier alpha value is -3.94. The molecule has 0 aliphatic carbocycles. The molecular weight excluding hydrogens is 510 g/mol. The van der Waals surface area contributed by atoms with Crippen molar-refractivity contribution in [1.29, 1.82) is 0 Å². The number of hydrogen-bond donors (Lipinski definition) is 3. The van der Waals surface area contributed by atoms with Gasteiger partial charge in [0.15, 0.2) is 6.10 Å². The highest BCUT2D eigenvalue weighted by Gasteiger charge is 2.21. The summed E-state index contributed by atoms with van der Waals surface area (Å²) in [7, 11) is -6.29. The van der Waals surface area contributed by atoms with Gasteiger partial charge in [-0.05, 0) is 79.7 Å². The van der Waals surface area contributed by atoms with Crippen molar-refractivity contribution < 1.29 is 35.9 Å². The van der Waals surface area contributed by atoms with Gasteiger partial charge in [0.25, 0.3) is 15.9 Å². The molecule has 11 nitrogen and oxygen atoms in total. The first-order valence-corrected chi connectivity index (χ1v) is 13.3. The van der Waals surface area contributed by atoms with Crippen LogP contribution in [0.5, 0.6) is 5.75 Å². The largest absolute Gasteiger partial charge is 0.497 e. The van der Waals surface area contributed by atoms with Crippen LogP contribution in [0.25, 0.3) is 0 Å². The van der Waals surface area contributed by atoms with E-state index in [0.717, 1.165) is 0 Å². The van der Waals surface area contributed by atoms with Crippen LogP contribution in [0, 0.1) is 0 Å². The summed E-state index contributed by atoms with van der Waals surface area (Å²) in [6.45, 7) is 1.35. The normalized spacial score (nSPS) is 12.3. The molecule has 0 bridgehead atoms. The van der Waals surface area contributed by atoms with Crippen LogP contribution in [-0.2, 0) is 29.6 Å². The van der Waals surface area contributed by atoms with Crippen molar-refractivity contribution in [3.05, 3.63) is 78.4 Å². The van der Waals surface area contributed by atoms with Crippen molar-refractivity contribution in [2.75, 3.05) is 17.1 Å². The molecular formula is C23H23N3O8S2. The first-order chi connectivity index (χ1) is 16.9. The fourth-order valence-electron chi connectivity index (χ4n) is 2.90. The Morgan fingerprint density at radius 3 is 1.86 bits per heavy atom. The van der Waals surface area contributed by atoms with Gasteiger partial charge in [0.1, 0.15) is 5.75 Å². The maximum atomic E-state index is 12.6. The Balaban J connectivity index is 1.60. The smallest absolute Gasteiger partial charge is 0.338 e. The molecule has 0 aliphatic rings. The van der Waals surface area contributed by atoms with Crippen LogP contribution in [0.4, 0.5) is 11.4 Å². The summed E-state index contributed by atoms with van der Waals surface area (Å²) in [5.74, 6) is -0.924. The minimum Gasteiger partial charge on any atom is -0.497 e. The Morgan fingerprint density at radius 2 is 1.33 bits per heavy atom. The standard InChI is InChI=1S/C23H23N3O8S2/c1-15(22(27)25-17-7-13-20(14-8-17)35(24,29)30)34-23(28)16-3-11-21(12-4-16)36(31,32)26-18-5-9-19(33-2)10-6-18/h3-15,26H,1-2H3,(H,25,27)(H2,24,29,30). The van der Waals surface area contributed by atoms with Crippen LogP contribution in [0.2, 0.25) is 0 Å². The Labute approximate surface area is 208 Å². The SMILES string of the molecule is COc1ccc(NS(=O)(=O)c2ccc(C(=O)OC(C)C(=O)Nc3ccc(S(N)(=O)=O)cc3)cc2)cc1. The maximum absolute atomic E-state index is 12.6. The quantitative estimate of drug-likeness (QED) is 0.352. The van der Waals surface area contributed by atoms with Crippen LogP contribution < -0.4 is 19.9 Å². The number of esters is 1. The number of anilines is 2. The average molecular weight is 534 g/mol. The number of methoxy groups -OCH3 is 1. The predicted octanol–water partition coefficient (Wildman–Crippen LogP) is 2.33. The lowest BCUT2D eigenvalue weighted by atomic mass is 10.2. The number of carbonyl (C=O) groups is 2. The minimum atomic E-state index is -3.91. The van der Waals surface area contributed by atoms with Gasteiger partial charge in [-0.3, -0.25) is 9.52 Å². The van der Waals surface area contributed by atoms with Crippen molar-refractivity contribution in [2.24, 2.45) is 5.14 Å². The molecule has 0 spiro atoms. The van der Waals surface area contributed by atoms with Gasteiger partial charge >= 0.3 is 5.97 Å². The van der Waals surface area contributed by atoms with Crippen molar-refractivity contribution in [3.8, 4) is 5.75 Å². The van der Waals surface area contributed by atoms with E-state index < -0.39 is 38.0 Å². The van der Waals surface area contributed by atoms with Gasteiger partial charge in [-0.15, -0.1) is 0 Å². The second-order valence-corrected chi connectivity index (χ2v) is 10.7. The molecule has 1 unspecified atom stereocenters. The fraction of sp³-hybridized carbons (Fsp3) is 0.130. The molecule has 0 heterocycles. The molecule has 0 saturated heterocycles. The second kappa shape index (κ2) is 10.8. The molecule has 13 heteroatoms. The van der Waals surface area contributed by atoms with Gasteiger partial charge < -0.3 is 14.8 Å². The number of rotatable bonds is 9. The average Bonchev–Trinajstić information content (AvgIpc) is 2.84. The number of sulfonamides is 2. The first-order valence-electron chi connectivity index (χ1n) is 10.3. The molecule has 190 valence electrons. The summed E-state index contributed by atoms with van der Waals surface area (Å²) in [6, 6.07) is 16.4. The zero-order valence-corrected chi connectivity index (χ0v) is 20.8. The van der Waals surface area contributed by atoms with Gasteiger partial charge in [-0.1, -0.05) is 0 Å². The number of hydrogen-bond acceptors (Lipinski definition) is 8. The summed E-state index contributed by atoms with van der Waals surface area (Å²) in [5, 5.41) is 7.52. The lowest BCUT2D eigenvalue weighted by Gasteiger charge is -2.14. The molecule has 0 aromatic heterocycles. The zero-order chi connectivity index (χ0) is 26.5. The Kier molecular flexibility index (Phi) is 7.97. The zero-order valence-electron chi connectivity index (χ0n) is 19.2. The highest BCUT2D eigenvalue weighted by molar-refractivity contribution is 7.92. The lowest BCUT2D eigenvalue weighted by molar-refractivity contribution is -0.123. The first kappa shape index (κ1) is 26.7. The molecule has 3 aromatic rings. The third-order valence-electron chi connectivity index (χ3n) is 4.85. The summed E-state index contributed by atoms with van der Waals surface area (Å²) in [6.07, 6.45) is -1.20. The third-order valence-corrected chi connectivity index (χ3v) is 7.17. The van der Waals surface area contributed by atoms with Gasteiger partial charge in [0.2, 0.25) is 10.0 Å². The van der Waals surface area contributed by atoms with Crippen LogP contribution in [0.15, 0.2) is 82.6 Å². The Morgan fingerprint density at radius 1 is 0.806 bits per heavy atom. The molecule has 36 heavy (non-hydrogen) atoms. The second-order valence-electron chi connectivity index (χ2n) is 7.46. The highest BCUT2D eigenvalue weighted by Crippen LogP contribution is 2.20. The van der Waals surface area contributed by atoms with E-state index in [4.69, 9.17) is 14.6 Å². The lowest BCUT2D eigenvalue weighted by Crippen LogP contribution is -2.30. The molecule has 1 amide bonds. The number of ether oxygens (including phenoxy) is 2. The third kappa shape index (κ3) is 6.81. The van der Waals surface area contributed by atoms with E-state index in [2.05, 4.69) is 10.0 Å². The van der Waals surface area contributed by atoms with Crippen molar-refractivity contribution in [2.45, 2.75) is 22.8 Å². The maximum Gasteiger partial charge on any atom is 0.338 e. The van der Waals surface area contributed by atoms with Gasteiger partial charge in [0, 0.05) is 11.4 Å². The van der Waals surface area contributed by atoms with Crippen molar-refractivity contribution in [3.63, 3.8) is 0 Å². The molecule has 1 atom stereocenters. The Bertz CT molecular complexity index is 1450. The van der Waals surface area contributed by atoms with Gasteiger partial charge in [-0.2, -0.15) is 0 Å². The van der Waals surface area contributed by atoms with E-state index in [9.17, 15) is 26.4 Å². The molecule has 0 aliphatic heterocycles. The fourth-order valence-corrected chi connectivity index (χ4v) is 4.47. The van der Waals surface area contributed by atoms with Crippen LogP contribution in [0.3, 0.4) is 0 Å². The summed E-state index contributed by atoms with van der Waals surface area (Å²) >= 11 is 0. The highest BCUT2D eigenvalue weighted by atomic mass is 32.2. The summed E-state index contributed by atoms with van der Waals surface area (Å²) in [5.41, 5.74) is 0.642. The van der Waals surface area contributed by atoms with E-state index >= 15 is 0 Å². The number of benzene rings is 3. The number of primary sulfonamides is 1. The summed E-state index contributed by atoms with van der Waals surface area (Å²) in [4.78, 5) is 24.6. The monoisotopic (exact) mass is 533 g/mol. The number of carbonyl (C=O) groups excluding carboxylic acids is 2. The van der Waals surface area contributed by atoms with Gasteiger partial charge in [0.05, 0.1) is 22.5 Å². The number of nitrogens with one attached hydrogen (secondary N) is 2. The molecule has 4 N–H and O–H groups in total. The van der Waals surface area contributed by atoms with E-state index in [0.29, 0.717) is 11.4 Å². The molecule has 0 saturated carbocycles. The van der Waals surface area contributed by atoms with E-state index in [1.807, 2.05) is 0 Å². The summed E-state index contributed by atoms with van der Waals surface area (Å²) < 4.78 is 60.4. The number of amides is 1. The van der Waals surface area contributed by atoms with Crippen molar-refractivity contribution in [1.82, 2.24) is 0 Å². The molecule has 3 aromatic carbocycles. The van der Waals surface area contributed by atoms with E-state index in [1.54, 1.807) is 24.3 Å². The van der Waals surface area contributed by atoms with E-state index in [1.165, 1.54) is 62.6 Å². The molecule has 0 radical (unpaired) electrons. The van der Waals surface area contributed by atoms with Crippen LogP contribution >= 0.6 is 0 Å². The minimum absolute atomic E-state index is 0.0375. The van der Waals surface area contributed by atoms with Crippen LogP contribution in [-0.4, -0.2) is 41.9 Å². The predicted molar refractivity (Wildman–Crippen MR) is 132 cm³/mol. The number of nitrogens with two attached hydrogens (primary N) is 1.